The molecule has 1 heterocycles. The number of benzene rings is 1. The number of phenolic OH excluding ortho intramolecular Hbond substituents is 1. The molecule has 0 aliphatic carbocycles. The van der Waals surface area contributed by atoms with Crippen molar-refractivity contribution in [2.24, 2.45) is 0 Å². The van der Waals surface area contributed by atoms with Crippen LogP contribution in [0.4, 0.5) is 0 Å². The van der Waals surface area contributed by atoms with E-state index in [1.807, 2.05) is 12.3 Å². The molecule has 1 amide bonds. The smallest absolute Gasteiger partial charge is 0.264 e. The highest BCUT2D eigenvalue weighted by molar-refractivity contribution is 8.22. The minimum Gasteiger partial charge on any atom is -0.508 e. The molecular weight excluding hydrogens is 268 g/mol. The lowest BCUT2D eigenvalue weighted by Gasteiger charge is -2.24. The molecule has 0 saturated carbocycles. The summed E-state index contributed by atoms with van der Waals surface area (Å²) in [6.07, 6.45) is 1.82. The number of nitrogens with zero attached hydrogens (tertiary/aromatic N) is 1. The number of amides is 1. The van der Waals surface area contributed by atoms with Gasteiger partial charge in [0.1, 0.15) is 22.8 Å². The number of phenols is 1. The number of carbonyl (C=O) groups is 1. The zero-order valence-corrected chi connectivity index (χ0v) is 11.1. The van der Waals surface area contributed by atoms with Crippen LogP contribution in [0.5, 0.6) is 5.75 Å². The molecular formula is C12H10N2O2S2. The number of para-hydroxylation sites is 1. The Morgan fingerprint density at radius 2 is 2.22 bits per heavy atom. The highest BCUT2D eigenvalue weighted by Gasteiger charge is 2.29. The molecule has 4 nitrogen and oxygen atoms in total. The summed E-state index contributed by atoms with van der Waals surface area (Å²) in [5, 5.41) is 21.1. The number of aromatic hydroxyl groups is 1. The molecule has 0 unspecified atom stereocenters. The van der Waals surface area contributed by atoms with Crippen molar-refractivity contribution in [3.05, 3.63) is 39.6 Å². The Kier molecular flexibility index (Phi) is 3.84. The summed E-state index contributed by atoms with van der Waals surface area (Å²) >= 11 is 2.73. The van der Waals surface area contributed by atoms with Crippen molar-refractivity contribution >= 4 is 29.4 Å². The van der Waals surface area contributed by atoms with Crippen molar-refractivity contribution in [3.8, 4) is 11.8 Å². The summed E-state index contributed by atoms with van der Waals surface area (Å²) in [6.45, 7) is 0. The van der Waals surface area contributed by atoms with Gasteiger partial charge in [-0.2, -0.15) is 5.26 Å². The summed E-state index contributed by atoms with van der Waals surface area (Å²) in [4.78, 5) is 11.8. The van der Waals surface area contributed by atoms with Gasteiger partial charge in [-0.1, -0.05) is 30.0 Å². The summed E-state index contributed by atoms with van der Waals surface area (Å²) in [7, 11) is 0. The van der Waals surface area contributed by atoms with Crippen LogP contribution in [0.2, 0.25) is 0 Å². The van der Waals surface area contributed by atoms with E-state index in [0.29, 0.717) is 9.80 Å². The van der Waals surface area contributed by atoms with Crippen LogP contribution < -0.4 is 5.32 Å². The predicted octanol–water partition coefficient (Wildman–Crippen LogP) is 2.35. The van der Waals surface area contributed by atoms with Crippen LogP contribution in [0, 0.1) is 11.3 Å². The molecule has 0 radical (unpaired) electrons. The molecule has 2 N–H and O–H groups in total. The van der Waals surface area contributed by atoms with Crippen LogP contribution in [0.15, 0.2) is 34.1 Å². The number of nitrogens with one attached hydrogen (secondary N) is 1. The zero-order chi connectivity index (χ0) is 13.1. The van der Waals surface area contributed by atoms with Crippen LogP contribution >= 0.6 is 23.5 Å². The lowest BCUT2D eigenvalue weighted by atomic mass is 10.2. The van der Waals surface area contributed by atoms with Gasteiger partial charge in [-0.25, -0.2) is 0 Å². The minimum absolute atomic E-state index is 0.135. The largest absolute Gasteiger partial charge is 0.508 e. The highest BCUT2D eigenvalue weighted by Crippen LogP contribution is 2.44. The third-order valence-electron chi connectivity index (χ3n) is 2.43. The number of hydrogen-bond acceptors (Lipinski definition) is 5. The van der Waals surface area contributed by atoms with Crippen molar-refractivity contribution < 1.29 is 9.90 Å². The van der Waals surface area contributed by atoms with E-state index in [2.05, 4.69) is 5.32 Å². The fourth-order valence-corrected chi connectivity index (χ4v) is 3.55. The minimum atomic E-state index is -0.395. The maximum Gasteiger partial charge on any atom is 0.264 e. The van der Waals surface area contributed by atoms with E-state index in [-0.39, 0.29) is 16.7 Å². The quantitative estimate of drug-likeness (QED) is 0.868. The predicted molar refractivity (Wildman–Crippen MR) is 72.7 cm³/mol. The van der Waals surface area contributed by atoms with E-state index in [0.717, 1.165) is 0 Å². The molecule has 6 heteroatoms. The zero-order valence-electron chi connectivity index (χ0n) is 9.51. The first-order valence-corrected chi connectivity index (χ1v) is 7.21. The van der Waals surface area contributed by atoms with Gasteiger partial charge in [0.2, 0.25) is 0 Å². The van der Waals surface area contributed by atoms with Crippen molar-refractivity contribution in [2.75, 3.05) is 6.26 Å². The first kappa shape index (κ1) is 12.9. The first-order chi connectivity index (χ1) is 8.67. The summed E-state index contributed by atoms with van der Waals surface area (Å²) < 4.78 is 0.675. The molecule has 1 aromatic rings. The number of carbonyl (C=O) groups excluding carboxylic acids is 1. The highest BCUT2D eigenvalue weighted by atomic mass is 32.2. The molecule has 0 saturated heterocycles. The second-order valence-corrected chi connectivity index (χ2v) is 5.70. The van der Waals surface area contributed by atoms with Gasteiger partial charge in [0.25, 0.3) is 5.91 Å². The molecule has 0 fully saturated rings. The van der Waals surface area contributed by atoms with Crippen LogP contribution in [0.1, 0.15) is 10.9 Å². The molecule has 1 aliphatic rings. The first-order valence-electron chi connectivity index (χ1n) is 5.11. The number of rotatable bonds is 2. The third kappa shape index (κ3) is 2.33. The Bertz CT molecular complexity index is 563. The molecule has 0 bridgehead atoms. The van der Waals surface area contributed by atoms with E-state index in [1.54, 1.807) is 24.3 Å². The van der Waals surface area contributed by atoms with Crippen molar-refractivity contribution in [2.45, 2.75) is 5.37 Å². The van der Waals surface area contributed by atoms with E-state index < -0.39 is 5.91 Å². The summed E-state index contributed by atoms with van der Waals surface area (Å²) in [5.74, 6) is -0.259. The molecule has 1 aromatic carbocycles. The Labute approximate surface area is 113 Å². The van der Waals surface area contributed by atoms with Crippen molar-refractivity contribution in [1.82, 2.24) is 5.32 Å². The lowest BCUT2D eigenvalue weighted by molar-refractivity contribution is -0.117. The van der Waals surface area contributed by atoms with Crippen LogP contribution in [-0.2, 0) is 4.79 Å². The summed E-state index contributed by atoms with van der Waals surface area (Å²) in [5.41, 5.74) is 0.776. The van der Waals surface area contributed by atoms with Crippen LogP contribution in [0.3, 0.4) is 0 Å². The fraction of sp³-hybridized carbons (Fsp3) is 0.167. The maximum absolute atomic E-state index is 11.8. The average molecular weight is 278 g/mol. The SMILES string of the molecule is CSC1=C(C#N)C(=O)N[C@@H](c2ccccc2O)S1. The molecule has 2 rings (SSSR count). The van der Waals surface area contributed by atoms with Crippen LogP contribution in [0.25, 0.3) is 0 Å². The Morgan fingerprint density at radius 3 is 2.83 bits per heavy atom. The van der Waals surface area contributed by atoms with Gasteiger partial charge in [-0.05, 0) is 12.3 Å². The van der Waals surface area contributed by atoms with Crippen LogP contribution in [-0.4, -0.2) is 17.3 Å². The average Bonchev–Trinajstić information content (AvgIpc) is 2.38. The standard InChI is InChI=1S/C12H10N2O2S2/c1-17-12-8(6-13)10(16)14-11(18-12)7-4-2-3-5-9(7)15/h2-5,11,15H,1H3,(H,14,16)/t11-/m1/s1. The van der Waals surface area contributed by atoms with Crippen molar-refractivity contribution in [3.63, 3.8) is 0 Å². The summed E-state index contributed by atoms with van der Waals surface area (Å²) in [6, 6.07) is 8.75. The molecule has 0 spiro atoms. The second-order valence-electron chi connectivity index (χ2n) is 3.51. The van der Waals surface area contributed by atoms with Gasteiger partial charge >= 0.3 is 0 Å². The van der Waals surface area contributed by atoms with Gasteiger partial charge in [-0.15, -0.1) is 11.8 Å². The van der Waals surface area contributed by atoms with E-state index in [1.165, 1.54) is 23.5 Å². The maximum atomic E-state index is 11.8. The number of thioether (sulfide) groups is 2. The van der Waals surface area contributed by atoms with E-state index in [9.17, 15) is 9.90 Å². The van der Waals surface area contributed by atoms with Gasteiger partial charge in [0.15, 0.2) is 0 Å². The van der Waals surface area contributed by atoms with Gasteiger partial charge in [0.05, 0.1) is 4.24 Å². The molecule has 0 aromatic heterocycles. The topological polar surface area (TPSA) is 73.1 Å². The molecule has 1 aliphatic heterocycles. The lowest BCUT2D eigenvalue weighted by Crippen LogP contribution is -2.31. The molecule has 1 atom stereocenters. The second kappa shape index (κ2) is 5.38. The Hall–Kier alpha value is -1.58. The fourth-order valence-electron chi connectivity index (χ4n) is 1.58. The Balaban J connectivity index is 2.37. The van der Waals surface area contributed by atoms with E-state index >= 15 is 0 Å². The molecule has 92 valence electrons. The number of hydrogen-bond donors (Lipinski definition) is 2. The van der Waals surface area contributed by atoms with Gasteiger partial charge in [-0.3, -0.25) is 4.79 Å². The Morgan fingerprint density at radius 1 is 1.50 bits per heavy atom. The van der Waals surface area contributed by atoms with E-state index in [4.69, 9.17) is 5.26 Å². The van der Waals surface area contributed by atoms with Crippen molar-refractivity contribution in [1.29, 1.82) is 5.26 Å². The molecule has 18 heavy (non-hydrogen) atoms. The monoisotopic (exact) mass is 278 g/mol. The normalized spacial score (nSPS) is 19.3. The van der Waals surface area contributed by atoms with Gasteiger partial charge < -0.3 is 10.4 Å². The number of nitriles is 1. The third-order valence-corrected chi connectivity index (χ3v) is 4.82. The van der Waals surface area contributed by atoms with Gasteiger partial charge in [0, 0.05) is 5.56 Å².